The van der Waals surface area contributed by atoms with Crippen molar-refractivity contribution in [3.05, 3.63) is 29.5 Å². The largest absolute Gasteiger partial charge is 0.497 e. The summed E-state index contributed by atoms with van der Waals surface area (Å²) in [6.07, 6.45) is 4.84. The molecule has 1 heterocycles. The summed E-state index contributed by atoms with van der Waals surface area (Å²) in [6.45, 7) is 5.16. The van der Waals surface area contributed by atoms with Gasteiger partial charge in [-0.05, 0) is 37.1 Å². The Balaban J connectivity index is 2.41. The Hall–Kier alpha value is -1.97. The Kier molecular flexibility index (Phi) is 5.47. The highest BCUT2D eigenvalue weighted by atomic mass is 16.5. The van der Waals surface area contributed by atoms with E-state index in [1.54, 1.807) is 7.11 Å². The number of carbonyl (C=O) groups is 1. The molecule has 4 heteroatoms. The van der Waals surface area contributed by atoms with Crippen LogP contribution in [0.3, 0.4) is 0 Å². The lowest BCUT2D eigenvalue weighted by molar-refractivity contribution is -0.136. The summed E-state index contributed by atoms with van der Waals surface area (Å²) in [6, 6.07) is 5.92. The maximum absolute atomic E-state index is 11.2. The van der Waals surface area contributed by atoms with Crippen LogP contribution in [0, 0.1) is 6.92 Å². The van der Waals surface area contributed by atoms with Crippen molar-refractivity contribution in [1.82, 2.24) is 4.57 Å². The van der Waals surface area contributed by atoms with Gasteiger partial charge in [0.25, 0.3) is 0 Å². The van der Waals surface area contributed by atoms with E-state index < -0.39 is 5.97 Å². The summed E-state index contributed by atoms with van der Waals surface area (Å²) in [5, 5.41) is 10.2. The number of aliphatic carboxylic acids is 1. The van der Waals surface area contributed by atoms with E-state index in [0.29, 0.717) is 0 Å². The number of hydrogen-bond donors (Lipinski definition) is 1. The molecule has 0 aliphatic carbocycles. The lowest BCUT2D eigenvalue weighted by Gasteiger charge is -2.08. The minimum Gasteiger partial charge on any atom is -0.497 e. The van der Waals surface area contributed by atoms with Crippen molar-refractivity contribution in [3.63, 3.8) is 0 Å². The minimum absolute atomic E-state index is 0.0530. The topological polar surface area (TPSA) is 51.5 Å². The Morgan fingerprint density at radius 2 is 2.05 bits per heavy atom. The molecule has 1 aromatic carbocycles. The molecule has 0 fully saturated rings. The normalized spacial score (nSPS) is 11.0. The van der Waals surface area contributed by atoms with Crippen molar-refractivity contribution in [1.29, 1.82) is 0 Å². The van der Waals surface area contributed by atoms with Crippen LogP contribution in [0.15, 0.2) is 18.2 Å². The minimum atomic E-state index is -0.795. The van der Waals surface area contributed by atoms with Gasteiger partial charge in [-0.2, -0.15) is 0 Å². The molecule has 0 saturated heterocycles. The molecule has 1 N–H and O–H groups in total. The Labute approximate surface area is 131 Å². The molecular formula is C18H25NO3. The van der Waals surface area contributed by atoms with Gasteiger partial charge in [0.15, 0.2) is 0 Å². The molecule has 0 radical (unpaired) electrons. The summed E-state index contributed by atoms with van der Waals surface area (Å²) in [5.41, 5.74) is 3.06. The van der Waals surface area contributed by atoms with Gasteiger partial charge in [0.1, 0.15) is 5.75 Å². The lowest BCUT2D eigenvalue weighted by atomic mass is 10.1. The second-order valence-electron chi connectivity index (χ2n) is 5.73. The van der Waals surface area contributed by atoms with Crippen LogP contribution in [0.4, 0.5) is 0 Å². The van der Waals surface area contributed by atoms with E-state index in [4.69, 9.17) is 4.74 Å². The van der Waals surface area contributed by atoms with Gasteiger partial charge in [-0.1, -0.05) is 26.2 Å². The quantitative estimate of drug-likeness (QED) is 0.745. The van der Waals surface area contributed by atoms with Crippen LogP contribution in [0.1, 0.15) is 43.9 Å². The van der Waals surface area contributed by atoms with Crippen molar-refractivity contribution in [2.75, 3.05) is 7.11 Å². The number of carboxylic acid groups (broad SMARTS) is 1. The molecule has 2 rings (SSSR count). The van der Waals surface area contributed by atoms with Gasteiger partial charge >= 0.3 is 5.97 Å². The number of aromatic nitrogens is 1. The molecule has 22 heavy (non-hydrogen) atoms. The first-order valence-corrected chi connectivity index (χ1v) is 7.96. The number of benzene rings is 1. The van der Waals surface area contributed by atoms with E-state index in [0.717, 1.165) is 40.9 Å². The van der Waals surface area contributed by atoms with E-state index in [2.05, 4.69) is 11.5 Å². The van der Waals surface area contributed by atoms with Crippen molar-refractivity contribution in [2.24, 2.45) is 0 Å². The van der Waals surface area contributed by atoms with Crippen LogP contribution in [0.5, 0.6) is 5.75 Å². The monoisotopic (exact) mass is 303 g/mol. The number of rotatable bonds is 8. The third-order valence-corrected chi connectivity index (χ3v) is 4.22. The molecule has 0 aliphatic heterocycles. The summed E-state index contributed by atoms with van der Waals surface area (Å²) >= 11 is 0. The fraction of sp³-hybridized carbons (Fsp3) is 0.500. The number of fused-ring (bicyclic) bond motifs is 1. The molecule has 0 amide bonds. The third kappa shape index (κ3) is 3.43. The van der Waals surface area contributed by atoms with Crippen LogP contribution in [0.25, 0.3) is 10.9 Å². The number of methoxy groups -OCH3 is 1. The Morgan fingerprint density at radius 1 is 1.27 bits per heavy atom. The van der Waals surface area contributed by atoms with Crippen LogP contribution in [-0.2, 0) is 17.8 Å². The maximum atomic E-state index is 11.2. The van der Waals surface area contributed by atoms with Gasteiger partial charge in [0, 0.05) is 23.1 Å². The van der Waals surface area contributed by atoms with Gasteiger partial charge in [0.05, 0.1) is 13.5 Å². The molecular weight excluding hydrogens is 278 g/mol. The number of aryl methyl sites for hydroxylation is 1. The number of nitrogens with zero attached hydrogens (tertiary/aromatic N) is 1. The molecule has 0 atom stereocenters. The molecule has 120 valence electrons. The summed E-state index contributed by atoms with van der Waals surface area (Å²) < 4.78 is 7.54. The number of unbranched alkanes of at least 4 members (excludes halogenated alkanes) is 3. The zero-order valence-corrected chi connectivity index (χ0v) is 13.7. The first-order chi connectivity index (χ1) is 10.6. The van der Waals surface area contributed by atoms with E-state index in [1.165, 1.54) is 19.3 Å². The standard InChI is InChI=1S/C18H25NO3/c1-4-5-6-7-10-19-13(2)15(12-18(20)21)16-11-14(22-3)8-9-17(16)19/h8-9,11H,4-7,10,12H2,1-3H3,(H,20,21). The summed E-state index contributed by atoms with van der Waals surface area (Å²) in [7, 11) is 1.63. The molecule has 4 nitrogen and oxygen atoms in total. The highest BCUT2D eigenvalue weighted by Gasteiger charge is 2.16. The molecule has 0 spiro atoms. The molecule has 0 bridgehead atoms. The molecule has 0 saturated carbocycles. The summed E-state index contributed by atoms with van der Waals surface area (Å²) in [5.74, 6) is -0.0294. The van der Waals surface area contributed by atoms with E-state index >= 15 is 0 Å². The zero-order chi connectivity index (χ0) is 16.1. The second-order valence-corrected chi connectivity index (χ2v) is 5.73. The predicted octanol–water partition coefficient (Wildman–Crippen LogP) is 4.17. The fourth-order valence-corrected chi connectivity index (χ4v) is 3.02. The molecule has 0 unspecified atom stereocenters. The first-order valence-electron chi connectivity index (χ1n) is 7.96. The second kappa shape index (κ2) is 7.34. The summed E-state index contributed by atoms with van der Waals surface area (Å²) in [4.78, 5) is 11.2. The van der Waals surface area contributed by atoms with Gasteiger partial charge in [0.2, 0.25) is 0 Å². The van der Waals surface area contributed by atoms with Crippen LogP contribution >= 0.6 is 0 Å². The third-order valence-electron chi connectivity index (χ3n) is 4.22. The number of hydrogen-bond acceptors (Lipinski definition) is 2. The van der Waals surface area contributed by atoms with Crippen molar-refractivity contribution >= 4 is 16.9 Å². The van der Waals surface area contributed by atoms with E-state index in [-0.39, 0.29) is 6.42 Å². The highest BCUT2D eigenvalue weighted by Crippen LogP contribution is 2.30. The molecule has 0 aliphatic rings. The smallest absolute Gasteiger partial charge is 0.307 e. The van der Waals surface area contributed by atoms with Gasteiger partial charge in [-0.3, -0.25) is 4.79 Å². The average molecular weight is 303 g/mol. The van der Waals surface area contributed by atoms with Crippen LogP contribution < -0.4 is 4.74 Å². The molecule has 1 aromatic heterocycles. The first kappa shape index (κ1) is 16.4. The average Bonchev–Trinajstić information content (AvgIpc) is 2.75. The van der Waals surface area contributed by atoms with Crippen molar-refractivity contribution in [3.8, 4) is 5.75 Å². The van der Waals surface area contributed by atoms with Crippen LogP contribution in [0.2, 0.25) is 0 Å². The van der Waals surface area contributed by atoms with Gasteiger partial charge < -0.3 is 14.4 Å². The van der Waals surface area contributed by atoms with Crippen molar-refractivity contribution < 1.29 is 14.6 Å². The van der Waals surface area contributed by atoms with Gasteiger partial charge in [-0.15, -0.1) is 0 Å². The molecule has 2 aromatic rings. The van der Waals surface area contributed by atoms with E-state index in [1.807, 2.05) is 25.1 Å². The number of carboxylic acids is 1. The van der Waals surface area contributed by atoms with Crippen molar-refractivity contribution in [2.45, 2.75) is 52.5 Å². The van der Waals surface area contributed by atoms with Crippen LogP contribution in [-0.4, -0.2) is 22.8 Å². The predicted molar refractivity (Wildman–Crippen MR) is 88.7 cm³/mol. The SMILES string of the molecule is CCCCCCn1c(C)c(CC(=O)O)c2cc(OC)ccc21. The highest BCUT2D eigenvalue weighted by molar-refractivity contribution is 5.90. The Bertz CT molecular complexity index is 658. The van der Waals surface area contributed by atoms with E-state index in [9.17, 15) is 9.90 Å². The van der Waals surface area contributed by atoms with Gasteiger partial charge in [-0.25, -0.2) is 0 Å². The number of ether oxygens (including phenoxy) is 1. The lowest BCUT2D eigenvalue weighted by Crippen LogP contribution is -2.04. The zero-order valence-electron chi connectivity index (χ0n) is 13.7. The maximum Gasteiger partial charge on any atom is 0.307 e. The fourth-order valence-electron chi connectivity index (χ4n) is 3.02. The Morgan fingerprint density at radius 3 is 2.68 bits per heavy atom.